The molecule has 2 aromatic rings. The third-order valence-electron chi connectivity index (χ3n) is 9.89. The number of fused-ring (bicyclic) bond motifs is 3. The van der Waals surface area contributed by atoms with Crippen LogP contribution >= 0.6 is 0 Å². The van der Waals surface area contributed by atoms with E-state index < -0.39 is 11.4 Å². The molecule has 1 aliphatic heterocycles. The Morgan fingerprint density at radius 3 is 2.70 bits per heavy atom. The lowest BCUT2D eigenvalue weighted by Gasteiger charge is -2.66. The fourth-order valence-corrected chi connectivity index (χ4v) is 7.22. The van der Waals surface area contributed by atoms with Gasteiger partial charge < -0.3 is 30.5 Å². The maximum absolute atomic E-state index is 15.1. The minimum absolute atomic E-state index is 0.0202. The number of rotatable bonds is 10. The minimum atomic E-state index is -0.640. The summed E-state index contributed by atoms with van der Waals surface area (Å²) in [4.78, 5) is 26.4. The number of nitrogens with zero attached hydrogens (tertiary/aromatic N) is 4. The molecule has 0 spiro atoms. The zero-order valence-corrected chi connectivity index (χ0v) is 24.7. The SMILES string of the molecule is CCN(CC)CCN1CCOc2cc(Nc3ncc(F)c(N[C@@]4(C)[C@@H](C(=O)NC)C[C@H]5C[C@@H]4C5(C)C)n3)ccc21. The molecule has 3 fully saturated rings. The van der Waals surface area contributed by atoms with Crippen molar-refractivity contribution in [3.8, 4) is 5.75 Å². The molecule has 1 amide bonds. The molecule has 0 saturated heterocycles. The Labute approximate surface area is 237 Å². The smallest absolute Gasteiger partial charge is 0.229 e. The number of ether oxygens (including phenoxy) is 1. The lowest BCUT2D eigenvalue weighted by molar-refractivity contribution is -0.155. The highest BCUT2D eigenvalue weighted by Crippen LogP contribution is 2.65. The van der Waals surface area contributed by atoms with Crippen molar-refractivity contribution in [3.05, 3.63) is 30.2 Å². The van der Waals surface area contributed by atoms with E-state index in [2.05, 4.69) is 63.4 Å². The maximum atomic E-state index is 15.1. The van der Waals surface area contributed by atoms with Gasteiger partial charge in [0, 0.05) is 31.9 Å². The zero-order chi connectivity index (χ0) is 28.7. The normalized spacial score (nSPS) is 26.4. The average Bonchev–Trinajstić information content (AvgIpc) is 2.94. The highest BCUT2D eigenvalue weighted by Gasteiger charge is 2.64. The van der Waals surface area contributed by atoms with Gasteiger partial charge in [-0.25, -0.2) is 9.37 Å². The third kappa shape index (κ3) is 5.06. The van der Waals surface area contributed by atoms with Crippen LogP contribution in [0.2, 0.25) is 0 Å². The average molecular weight is 554 g/mol. The molecular weight excluding hydrogens is 509 g/mol. The summed E-state index contributed by atoms with van der Waals surface area (Å²) in [5, 5.41) is 9.42. The van der Waals surface area contributed by atoms with Crippen molar-refractivity contribution in [1.29, 1.82) is 0 Å². The Morgan fingerprint density at radius 1 is 1.23 bits per heavy atom. The number of hydrogen-bond acceptors (Lipinski definition) is 8. The molecule has 2 heterocycles. The fraction of sp³-hybridized carbons (Fsp3) is 0.633. The summed E-state index contributed by atoms with van der Waals surface area (Å²) >= 11 is 0. The molecule has 3 saturated carbocycles. The Balaban J connectivity index is 1.34. The van der Waals surface area contributed by atoms with Crippen LogP contribution in [0.15, 0.2) is 24.4 Å². The number of hydrogen-bond donors (Lipinski definition) is 3. The molecule has 6 rings (SSSR count). The van der Waals surface area contributed by atoms with Gasteiger partial charge in [0.2, 0.25) is 11.9 Å². The second-order valence-corrected chi connectivity index (χ2v) is 12.2. The predicted molar refractivity (Wildman–Crippen MR) is 157 cm³/mol. The van der Waals surface area contributed by atoms with Crippen LogP contribution < -0.4 is 25.6 Å². The van der Waals surface area contributed by atoms with Gasteiger partial charge in [-0.1, -0.05) is 27.7 Å². The van der Waals surface area contributed by atoms with Crippen molar-refractivity contribution in [2.24, 2.45) is 23.2 Å². The summed E-state index contributed by atoms with van der Waals surface area (Å²) in [5.74, 6) is 1.05. The van der Waals surface area contributed by atoms with Crippen molar-refractivity contribution >= 4 is 29.0 Å². The van der Waals surface area contributed by atoms with Crippen molar-refractivity contribution in [1.82, 2.24) is 20.2 Å². The van der Waals surface area contributed by atoms with E-state index in [1.165, 1.54) is 6.20 Å². The molecule has 9 nitrogen and oxygen atoms in total. The summed E-state index contributed by atoms with van der Waals surface area (Å²) in [7, 11) is 1.66. The van der Waals surface area contributed by atoms with Gasteiger partial charge in [-0.15, -0.1) is 0 Å². The van der Waals surface area contributed by atoms with Gasteiger partial charge in [0.05, 0.1) is 29.9 Å². The first-order chi connectivity index (χ1) is 19.1. The molecule has 40 heavy (non-hydrogen) atoms. The first-order valence-corrected chi connectivity index (χ1v) is 14.6. The van der Waals surface area contributed by atoms with Gasteiger partial charge >= 0.3 is 0 Å². The number of benzene rings is 1. The highest BCUT2D eigenvalue weighted by molar-refractivity contribution is 5.81. The van der Waals surface area contributed by atoms with Crippen LogP contribution in [0.5, 0.6) is 5.75 Å². The van der Waals surface area contributed by atoms with Crippen molar-refractivity contribution in [2.45, 2.75) is 53.0 Å². The molecule has 0 unspecified atom stereocenters. The van der Waals surface area contributed by atoms with E-state index in [-0.39, 0.29) is 34.9 Å². The van der Waals surface area contributed by atoms with Gasteiger partial charge in [0.1, 0.15) is 12.4 Å². The van der Waals surface area contributed by atoms with Crippen LogP contribution in [0, 0.1) is 29.0 Å². The topological polar surface area (TPSA) is 94.7 Å². The van der Waals surface area contributed by atoms with Crippen molar-refractivity contribution < 1.29 is 13.9 Å². The molecule has 3 N–H and O–H groups in total. The van der Waals surface area contributed by atoms with Gasteiger partial charge in [-0.3, -0.25) is 4.79 Å². The number of amides is 1. The molecule has 3 aliphatic carbocycles. The summed E-state index contributed by atoms with van der Waals surface area (Å²) in [5.41, 5.74) is 1.26. The lowest BCUT2D eigenvalue weighted by atomic mass is 9.40. The summed E-state index contributed by atoms with van der Waals surface area (Å²) in [6.45, 7) is 16.4. The van der Waals surface area contributed by atoms with Gasteiger partial charge in [-0.05, 0) is 62.2 Å². The van der Waals surface area contributed by atoms with E-state index in [9.17, 15) is 4.79 Å². The molecule has 2 bridgehead atoms. The first-order valence-electron chi connectivity index (χ1n) is 14.6. The maximum Gasteiger partial charge on any atom is 0.229 e. The van der Waals surface area contributed by atoms with E-state index in [4.69, 9.17) is 4.74 Å². The van der Waals surface area contributed by atoms with E-state index in [0.717, 1.165) is 62.7 Å². The van der Waals surface area contributed by atoms with Gasteiger partial charge in [-0.2, -0.15) is 4.98 Å². The molecule has 10 heteroatoms. The Hall–Kier alpha value is -3.14. The molecule has 1 aromatic heterocycles. The van der Waals surface area contributed by atoms with E-state index in [1.54, 1.807) is 7.05 Å². The molecule has 1 aromatic carbocycles. The lowest BCUT2D eigenvalue weighted by Crippen LogP contribution is -2.69. The summed E-state index contributed by atoms with van der Waals surface area (Å²) < 4.78 is 21.1. The standard InChI is InChI=1S/C30H44FN7O2/c1-7-37(8-2)11-12-38-13-14-40-24-17-20(9-10-23(24)38)34-28-33-18-22(31)26(35-28)36-30(5)21(27(39)32-6)15-19-16-25(30)29(19,3)4/h9-10,17-19,21,25H,7-8,11-16H2,1-6H3,(H,32,39)(H2,33,34,35,36)/t19-,21+,25+,30-/m0/s1. The van der Waals surface area contributed by atoms with Crippen LogP contribution in [0.4, 0.5) is 27.5 Å². The number of carbonyl (C=O) groups excluding carboxylic acids is 1. The largest absolute Gasteiger partial charge is 0.489 e. The highest BCUT2D eigenvalue weighted by atomic mass is 19.1. The molecule has 4 atom stereocenters. The number of aromatic nitrogens is 2. The van der Waals surface area contributed by atoms with Crippen LogP contribution in [0.3, 0.4) is 0 Å². The predicted octanol–water partition coefficient (Wildman–Crippen LogP) is 4.50. The van der Waals surface area contributed by atoms with E-state index in [0.29, 0.717) is 12.5 Å². The van der Waals surface area contributed by atoms with Crippen LogP contribution in [-0.2, 0) is 4.79 Å². The Bertz CT molecular complexity index is 1240. The number of likely N-dealkylation sites (N-methyl/N-ethyl adjacent to an activating group) is 1. The Kier molecular flexibility index (Phi) is 7.83. The monoisotopic (exact) mass is 553 g/mol. The molecule has 4 aliphatic rings. The second kappa shape index (κ2) is 11.0. The van der Waals surface area contributed by atoms with E-state index in [1.807, 2.05) is 25.1 Å². The Morgan fingerprint density at radius 2 is 2.00 bits per heavy atom. The summed E-state index contributed by atoms with van der Waals surface area (Å²) in [6.07, 6.45) is 2.96. The number of anilines is 4. The molecular formula is C30H44FN7O2. The third-order valence-corrected chi connectivity index (χ3v) is 9.89. The van der Waals surface area contributed by atoms with E-state index >= 15 is 4.39 Å². The zero-order valence-electron chi connectivity index (χ0n) is 24.7. The minimum Gasteiger partial charge on any atom is -0.489 e. The second-order valence-electron chi connectivity index (χ2n) is 12.2. The number of carbonyl (C=O) groups is 1. The van der Waals surface area contributed by atoms with Gasteiger partial charge in [0.15, 0.2) is 11.6 Å². The summed E-state index contributed by atoms with van der Waals surface area (Å²) in [6, 6.07) is 5.96. The van der Waals surface area contributed by atoms with Crippen LogP contribution in [0.1, 0.15) is 47.5 Å². The van der Waals surface area contributed by atoms with Crippen molar-refractivity contribution in [2.75, 3.05) is 61.9 Å². The molecule has 0 radical (unpaired) electrons. The quantitative estimate of drug-likeness (QED) is 0.396. The number of halogens is 1. The number of nitrogens with one attached hydrogen (secondary N) is 3. The first kappa shape index (κ1) is 28.4. The fourth-order valence-electron chi connectivity index (χ4n) is 7.22. The van der Waals surface area contributed by atoms with Crippen LogP contribution in [0.25, 0.3) is 0 Å². The van der Waals surface area contributed by atoms with Crippen LogP contribution in [-0.4, -0.2) is 72.7 Å². The molecule has 218 valence electrons. The van der Waals surface area contributed by atoms with Crippen molar-refractivity contribution in [3.63, 3.8) is 0 Å². The van der Waals surface area contributed by atoms with Gasteiger partial charge in [0.25, 0.3) is 0 Å².